The standard InChI is InChI=1S/C8H10N4S/c13-8-9-10-11-12(8)7-4-5-1-2-6(7)3-5/h1-2,5-7H,3-4H2,(H,9,11,13). The van der Waals surface area contributed by atoms with E-state index in [0.29, 0.717) is 16.7 Å². The van der Waals surface area contributed by atoms with Crippen molar-refractivity contribution in [2.24, 2.45) is 11.8 Å². The number of allylic oxidation sites excluding steroid dienone is 2. The molecule has 4 nitrogen and oxygen atoms in total. The van der Waals surface area contributed by atoms with Crippen LogP contribution in [0.5, 0.6) is 0 Å². The van der Waals surface area contributed by atoms with Gasteiger partial charge in [-0.1, -0.05) is 22.5 Å². The Kier molecular flexibility index (Phi) is 1.44. The maximum Gasteiger partial charge on any atom is 0.238 e. The number of rotatable bonds is 1. The van der Waals surface area contributed by atoms with Gasteiger partial charge in [0, 0.05) is 0 Å². The SMILES string of the molecule is S=c1nn[nH]n1C1CC2C=CC1C2. The van der Waals surface area contributed by atoms with Crippen molar-refractivity contribution in [3.8, 4) is 0 Å². The number of H-pyrrole nitrogens is 1. The van der Waals surface area contributed by atoms with Crippen molar-refractivity contribution < 1.29 is 0 Å². The first-order chi connectivity index (χ1) is 6.34. The van der Waals surface area contributed by atoms with Crippen LogP contribution in [0.1, 0.15) is 18.9 Å². The molecule has 0 aliphatic heterocycles. The Labute approximate surface area is 80.6 Å². The summed E-state index contributed by atoms with van der Waals surface area (Å²) in [5.74, 6) is 1.39. The van der Waals surface area contributed by atoms with Crippen LogP contribution >= 0.6 is 12.2 Å². The largest absolute Gasteiger partial charge is 0.239 e. The summed E-state index contributed by atoms with van der Waals surface area (Å²) in [5.41, 5.74) is 0. The van der Waals surface area contributed by atoms with E-state index < -0.39 is 0 Å². The van der Waals surface area contributed by atoms with Gasteiger partial charge in [0.15, 0.2) is 0 Å². The van der Waals surface area contributed by atoms with Gasteiger partial charge in [-0.3, -0.25) is 0 Å². The van der Waals surface area contributed by atoms with Crippen molar-refractivity contribution in [1.82, 2.24) is 20.2 Å². The van der Waals surface area contributed by atoms with Crippen LogP contribution in [0.3, 0.4) is 0 Å². The second-order valence-corrected chi connectivity index (χ2v) is 4.17. The predicted molar refractivity (Wildman–Crippen MR) is 49.6 cm³/mol. The molecule has 3 atom stereocenters. The number of fused-ring (bicyclic) bond motifs is 2. The highest BCUT2D eigenvalue weighted by Gasteiger charge is 2.37. The Bertz CT molecular complexity index is 404. The van der Waals surface area contributed by atoms with Gasteiger partial charge >= 0.3 is 0 Å². The zero-order valence-corrected chi connectivity index (χ0v) is 7.87. The van der Waals surface area contributed by atoms with E-state index in [0.717, 1.165) is 5.92 Å². The fourth-order valence-electron chi connectivity index (χ4n) is 2.47. The lowest BCUT2D eigenvalue weighted by molar-refractivity contribution is 0.382. The van der Waals surface area contributed by atoms with E-state index in [1.165, 1.54) is 12.8 Å². The lowest BCUT2D eigenvalue weighted by Crippen LogP contribution is -2.15. The van der Waals surface area contributed by atoms with Crippen molar-refractivity contribution >= 4 is 12.2 Å². The Morgan fingerprint density at radius 1 is 1.46 bits per heavy atom. The minimum Gasteiger partial charge on any atom is -0.239 e. The summed E-state index contributed by atoms with van der Waals surface area (Å²) in [7, 11) is 0. The van der Waals surface area contributed by atoms with Gasteiger partial charge in [0.05, 0.1) is 6.04 Å². The molecule has 0 saturated heterocycles. The number of nitrogens with one attached hydrogen (secondary N) is 1. The van der Waals surface area contributed by atoms with Crippen LogP contribution in [-0.4, -0.2) is 20.2 Å². The Balaban J connectivity index is 2.00. The van der Waals surface area contributed by atoms with Crippen molar-refractivity contribution in [1.29, 1.82) is 0 Å². The molecule has 2 aliphatic carbocycles. The van der Waals surface area contributed by atoms with E-state index in [2.05, 4.69) is 27.7 Å². The fourth-order valence-corrected chi connectivity index (χ4v) is 2.69. The fraction of sp³-hybridized carbons (Fsp3) is 0.625. The van der Waals surface area contributed by atoms with E-state index in [9.17, 15) is 0 Å². The Hall–Kier alpha value is -0.970. The maximum absolute atomic E-state index is 5.07. The molecule has 5 heteroatoms. The van der Waals surface area contributed by atoms with Gasteiger partial charge in [0.1, 0.15) is 0 Å². The summed E-state index contributed by atoms with van der Waals surface area (Å²) in [6.07, 6.45) is 7.06. The molecule has 1 heterocycles. The Morgan fingerprint density at radius 2 is 2.38 bits per heavy atom. The molecule has 0 spiro atoms. The molecule has 1 aromatic rings. The van der Waals surface area contributed by atoms with Crippen LogP contribution in [0, 0.1) is 16.6 Å². The number of hydrogen-bond donors (Lipinski definition) is 1. The second kappa shape index (κ2) is 2.51. The second-order valence-electron chi connectivity index (χ2n) is 3.80. The average Bonchev–Trinajstić information content (AvgIpc) is 2.77. The van der Waals surface area contributed by atoms with Crippen molar-refractivity contribution in [2.45, 2.75) is 18.9 Å². The normalized spacial score (nSPS) is 35.8. The first kappa shape index (κ1) is 7.44. The first-order valence-electron chi connectivity index (χ1n) is 4.52. The van der Waals surface area contributed by atoms with Gasteiger partial charge in [-0.05, 0) is 36.9 Å². The van der Waals surface area contributed by atoms with E-state index in [4.69, 9.17) is 12.2 Å². The van der Waals surface area contributed by atoms with E-state index in [-0.39, 0.29) is 0 Å². The van der Waals surface area contributed by atoms with Crippen molar-refractivity contribution in [2.75, 3.05) is 0 Å². The molecule has 3 unspecified atom stereocenters. The van der Waals surface area contributed by atoms with E-state index in [1.54, 1.807) is 0 Å². The van der Waals surface area contributed by atoms with Crippen LogP contribution in [-0.2, 0) is 0 Å². The van der Waals surface area contributed by atoms with Gasteiger partial charge in [-0.25, -0.2) is 4.68 Å². The van der Waals surface area contributed by atoms with Gasteiger partial charge in [0.25, 0.3) is 0 Å². The zero-order valence-electron chi connectivity index (χ0n) is 7.05. The van der Waals surface area contributed by atoms with Crippen LogP contribution in [0.25, 0.3) is 0 Å². The van der Waals surface area contributed by atoms with E-state index in [1.807, 2.05) is 4.68 Å². The third-order valence-corrected chi connectivity index (χ3v) is 3.35. The molecule has 13 heavy (non-hydrogen) atoms. The molecule has 1 fully saturated rings. The molecular weight excluding hydrogens is 184 g/mol. The van der Waals surface area contributed by atoms with Crippen LogP contribution in [0.2, 0.25) is 0 Å². The topological polar surface area (TPSA) is 46.5 Å². The van der Waals surface area contributed by atoms with Crippen LogP contribution < -0.4 is 0 Å². The summed E-state index contributed by atoms with van der Waals surface area (Å²) in [6, 6.07) is 0.470. The average molecular weight is 194 g/mol. The molecule has 2 aliphatic rings. The molecule has 1 N–H and O–H groups in total. The Morgan fingerprint density at radius 3 is 2.92 bits per heavy atom. The van der Waals surface area contributed by atoms with Gasteiger partial charge in [0.2, 0.25) is 4.77 Å². The van der Waals surface area contributed by atoms with Crippen molar-refractivity contribution in [3.63, 3.8) is 0 Å². The monoisotopic (exact) mass is 194 g/mol. The molecule has 1 saturated carbocycles. The lowest BCUT2D eigenvalue weighted by atomic mass is 10.0. The van der Waals surface area contributed by atoms with E-state index >= 15 is 0 Å². The number of nitrogens with zero attached hydrogens (tertiary/aromatic N) is 3. The molecule has 0 aromatic carbocycles. The number of hydrogen-bond acceptors (Lipinski definition) is 3. The molecule has 1 aromatic heterocycles. The molecule has 68 valence electrons. The zero-order chi connectivity index (χ0) is 8.84. The highest BCUT2D eigenvalue weighted by atomic mass is 32.1. The minimum absolute atomic E-state index is 0.470. The van der Waals surface area contributed by atoms with Gasteiger partial charge in [-0.2, -0.15) is 5.21 Å². The van der Waals surface area contributed by atoms with Crippen LogP contribution in [0.4, 0.5) is 0 Å². The molecule has 0 amide bonds. The molecule has 0 radical (unpaired) electrons. The van der Waals surface area contributed by atoms with Gasteiger partial charge in [-0.15, -0.1) is 0 Å². The summed E-state index contributed by atoms with van der Waals surface area (Å²) >= 11 is 5.07. The third-order valence-electron chi connectivity index (χ3n) is 3.07. The van der Waals surface area contributed by atoms with Crippen molar-refractivity contribution in [3.05, 3.63) is 16.9 Å². The number of aromatic amines is 1. The predicted octanol–water partition coefficient (Wildman–Crippen LogP) is 1.47. The summed E-state index contributed by atoms with van der Waals surface area (Å²) in [6.45, 7) is 0. The number of aromatic nitrogens is 4. The summed E-state index contributed by atoms with van der Waals surface area (Å²) in [5, 5.41) is 10.4. The summed E-state index contributed by atoms with van der Waals surface area (Å²) < 4.78 is 2.50. The maximum atomic E-state index is 5.07. The van der Waals surface area contributed by atoms with Crippen LogP contribution in [0.15, 0.2) is 12.2 Å². The molecule has 3 rings (SSSR count). The minimum atomic E-state index is 0.470. The first-order valence-corrected chi connectivity index (χ1v) is 4.93. The summed E-state index contributed by atoms with van der Waals surface area (Å²) in [4.78, 5) is 0. The highest BCUT2D eigenvalue weighted by Crippen LogP contribution is 2.45. The smallest absolute Gasteiger partial charge is 0.238 e. The molecular formula is C8H10N4S. The highest BCUT2D eigenvalue weighted by molar-refractivity contribution is 7.71. The molecule has 2 bridgehead atoms. The quantitative estimate of drug-likeness (QED) is 0.544. The third kappa shape index (κ3) is 0.997. The lowest BCUT2D eigenvalue weighted by Gasteiger charge is -2.17. The number of tetrazole rings is 1. The van der Waals surface area contributed by atoms with Gasteiger partial charge < -0.3 is 0 Å².